The van der Waals surface area contributed by atoms with Crippen molar-refractivity contribution in [1.82, 2.24) is 4.72 Å². The topological polar surface area (TPSA) is 58.2 Å². The Morgan fingerprint density at radius 1 is 1.32 bits per heavy atom. The van der Waals surface area contributed by atoms with Gasteiger partial charge in [-0.05, 0) is 44.2 Å². The quantitative estimate of drug-likeness (QED) is 0.808. The minimum Gasteiger partial charge on any atom is -0.384 e. The number of anilines is 1. The van der Waals surface area contributed by atoms with Gasteiger partial charge in [0.05, 0.1) is 5.69 Å². The van der Waals surface area contributed by atoms with Crippen molar-refractivity contribution in [3.63, 3.8) is 0 Å². The van der Waals surface area contributed by atoms with Crippen molar-refractivity contribution in [3.05, 3.63) is 24.3 Å². The molecule has 19 heavy (non-hydrogen) atoms. The summed E-state index contributed by atoms with van der Waals surface area (Å²) in [5.41, 5.74) is 0.680. The number of benzene rings is 1. The summed E-state index contributed by atoms with van der Waals surface area (Å²) in [5, 5.41) is 3.17. The first-order chi connectivity index (χ1) is 9.04. The van der Waals surface area contributed by atoms with E-state index in [0.717, 1.165) is 25.8 Å². The predicted molar refractivity (Wildman–Crippen MR) is 77.7 cm³/mol. The van der Waals surface area contributed by atoms with Gasteiger partial charge in [0.15, 0.2) is 0 Å². The van der Waals surface area contributed by atoms with Crippen LogP contribution >= 0.6 is 0 Å². The van der Waals surface area contributed by atoms with E-state index in [9.17, 15) is 8.42 Å². The molecule has 0 heterocycles. The van der Waals surface area contributed by atoms with E-state index in [-0.39, 0.29) is 6.04 Å². The summed E-state index contributed by atoms with van der Waals surface area (Å²) in [5.74, 6) is 0.505. The SMILES string of the molecule is CCCNc1ccccc1S(=O)(=O)NC(C)C1CC1. The molecule has 1 fully saturated rings. The summed E-state index contributed by atoms with van der Waals surface area (Å²) in [6, 6.07) is 7.09. The van der Waals surface area contributed by atoms with Crippen LogP contribution in [0.2, 0.25) is 0 Å². The van der Waals surface area contributed by atoms with E-state index in [1.54, 1.807) is 12.1 Å². The maximum atomic E-state index is 12.4. The third-order valence-electron chi connectivity index (χ3n) is 3.41. The molecule has 5 heteroatoms. The largest absolute Gasteiger partial charge is 0.384 e. The molecule has 0 radical (unpaired) electrons. The highest BCUT2D eigenvalue weighted by atomic mass is 32.2. The summed E-state index contributed by atoms with van der Waals surface area (Å²) in [6.45, 7) is 4.76. The zero-order valence-electron chi connectivity index (χ0n) is 11.5. The molecule has 2 rings (SSSR count). The molecule has 106 valence electrons. The Balaban J connectivity index is 2.18. The second kappa shape index (κ2) is 5.92. The molecule has 0 amide bonds. The Bertz CT molecular complexity index is 524. The molecule has 0 bridgehead atoms. The first kappa shape index (κ1) is 14.3. The highest BCUT2D eigenvalue weighted by Crippen LogP contribution is 2.33. The van der Waals surface area contributed by atoms with Gasteiger partial charge >= 0.3 is 0 Å². The lowest BCUT2D eigenvalue weighted by Gasteiger charge is -2.16. The highest BCUT2D eigenvalue weighted by molar-refractivity contribution is 7.89. The van der Waals surface area contributed by atoms with Gasteiger partial charge in [-0.25, -0.2) is 13.1 Å². The Kier molecular flexibility index (Phi) is 4.47. The molecule has 1 unspecified atom stereocenters. The zero-order valence-corrected chi connectivity index (χ0v) is 12.3. The van der Waals surface area contributed by atoms with Gasteiger partial charge in [-0.3, -0.25) is 0 Å². The maximum absolute atomic E-state index is 12.4. The third-order valence-corrected chi connectivity index (χ3v) is 5.03. The fourth-order valence-corrected chi connectivity index (χ4v) is 3.60. The predicted octanol–water partition coefficient (Wildman–Crippen LogP) is 2.59. The molecule has 1 atom stereocenters. The van der Waals surface area contributed by atoms with E-state index in [4.69, 9.17) is 0 Å². The molecule has 0 spiro atoms. The fourth-order valence-electron chi connectivity index (χ4n) is 2.11. The first-order valence-corrected chi connectivity index (χ1v) is 8.38. The second-order valence-corrected chi connectivity index (χ2v) is 6.85. The van der Waals surface area contributed by atoms with E-state index in [2.05, 4.69) is 17.0 Å². The van der Waals surface area contributed by atoms with E-state index in [1.165, 1.54) is 0 Å². The van der Waals surface area contributed by atoms with Gasteiger partial charge in [0, 0.05) is 12.6 Å². The lowest BCUT2D eigenvalue weighted by Crippen LogP contribution is -2.34. The van der Waals surface area contributed by atoms with Crippen LogP contribution in [-0.4, -0.2) is 21.0 Å². The van der Waals surface area contributed by atoms with Gasteiger partial charge in [0.2, 0.25) is 10.0 Å². The lowest BCUT2D eigenvalue weighted by molar-refractivity contribution is 0.538. The average molecular weight is 282 g/mol. The van der Waals surface area contributed by atoms with Crippen LogP contribution in [0.15, 0.2) is 29.2 Å². The molecular weight excluding hydrogens is 260 g/mol. The minimum absolute atomic E-state index is 0.0178. The number of hydrogen-bond donors (Lipinski definition) is 2. The van der Waals surface area contributed by atoms with Crippen molar-refractivity contribution in [2.24, 2.45) is 5.92 Å². The summed E-state index contributed by atoms with van der Waals surface area (Å²) >= 11 is 0. The van der Waals surface area contributed by atoms with Crippen molar-refractivity contribution in [2.45, 2.75) is 44.0 Å². The molecule has 0 aromatic heterocycles. The molecule has 1 aliphatic rings. The summed E-state index contributed by atoms with van der Waals surface area (Å²) in [4.78, 5) is 0.343. The molecule has 0 aliphatic heterocycles. The summed E-state index contributed by atoms with van der Waals surface area (Å²) in [6.07, 6.45) is 3.21. The van der Waals surface area contributed by atoms with Crippen LogP contribution in [0.4, 0.5) is 5.69 Å². The number of hydrogen-bond acceptors (Lipinski definition) is 3. The number of para-hydroxylation sites is 1. The van der Waals surface area contributed by atoms with Crippen LogP contribution in [0.1, 0.15) is 33.1 Å². The van der Waals surface area contributed by atoms with Gasteiger partial charge in [0.1, 0.15) is 4.90 Å². The van der Waals surface area contributed by atoms with Crippen LogP contribution in [0.3, 0.4) is 0 Å². The third kappa shape index (κ3) is 3.70. The van der Waals surface area contributed by atoms with Crippen molar-refractivity contribution in [1.29, 1.82) is 0 Å². The smallest absolute Gasteiger partial charge is 0.242 e. The maximum Gasteiger partial charge on any atom is 0.242 e. The second-order valence-electron chi connectivity index (χ2n) is 5.17. The van der Waals surface area contributed by atoms with Crippen molar-refractivity contribution < 1.29 is 8.42 Å². The number of sulfonamides is 1. The molecule has 1 aliphatic carbocycles. The van der Waals surface area contributed by atoms with E-state index in [0.29, 0.717) is 16.5 Å². The molecule has 2 N–H and O–H groups in total. The molecule has 1 saturated carbocycles. The Morgan fingerprint density at radius 3 is 2.63 bits per heavy atom. The first-order valence-electron chi connectivity index (χ1n) is 6.90. The molecule has 4 nitrogen and oxygen atoms in total. The standard InChI is InChI=1S/C14H22N2O2S/c1-3-10-15-13-6-4-5-7-14(13)19(17,18)16-11(2)12-8-9-12/h4-7,11-12,15-16H,3,8-10H2,1-2H3. The number of rotatable bonds is 7. The van der Waals surface area contributed by atoms with Crippen LogP contribution in [0.25, 0.3) is 0 Å². The van der Waals surface area contributed by atoms with Crippen LogP contribution < -0.4 is 10.0 Å². The molecule has 1 aromatic carbocycles. The lowest BCUT2D eigenvalue weighted by atomic mass is 10.2. The Hall–Kier alpha value is -1.07. The Morgan fingerprint density at radius 2 is 2.00 bits per heavy atom. The van der Waals surface area contributed by atoms with Gasteiger partial charge < -0.3 is 5.32 Å². The van der Waals surface area contributed by atoms with E-state index >= 15 is 0 Å². The normalized spacial score (nSPS) is 17.2. The van der Waals surface area contributed by atoms with Gasteiger partial charge in [-0.2, -0.15) is 0 Å². The molecule has 1 aromatic rings. The average Bonchev–Trinajstić information content (AvgIpc) is 3.20. The van der Waals surface area contributed by atoms with Gasteiger partial charge in [0.25, 0.3) is 0 Å². The van der Waals surface area contributed by atoms with Crippen LogP contribution in [0, 0.1) is 5.92 Å². The van der Waals surface area contributed by atoms with Crippen molar-refractivity contribution in [2.75, 3.05) is 11.9 Å². The summed E-state index contributed by atoms with van der Waals surface area (Å²) in [7, 11) is -3.44. The monoisotopic (exact) mass is 282 g/mol. The number of nitrogens with one attached hydrogen (secondary N) is 2. The Labute approximate surface area is 115 Å². The van der Waals surface area contributed by atoms with Gasteiger partial charge in [-0.15, -0.1) is 0 Å². The van der Waals surface area contributed by atoms with Crippen LogP contribution in [0.5, 0.6) is 0 Å². The molecular formula is C14H22N2O2S. The fraction of sp³-hybridized carbons (Fsp3) is 0.571. The van der Waals surface area contributed by atoms with E-state index in [1.807, 2.05) is 19.1 Å². The van der Waals surface area contributed by atoms with Gasteiger partial charge in [-0.1, -0.05) is 19.1 Å². The van der Waals surface area contributed by atoms with Crippen LogP contribution in [-0.2, 0) is 10.0 Å². The minimum atomic E-state index is -3.44. The van der Waals surface area contributed by atoms with Crippen molar-refractivity contribution >= 4 is 15.7 Å². The molecule has 0 saturated heterocycles. The zero-order chi connectivity index (χ0) is 13.9. The van der Waals surface area contributed by atoms with E-state index < -0.39 is 10.0 Å². The highest BCUT2D eigenvalue weighted by Gasteiger charge is 2.31. The van der Waals surface area contributed by atoms with Crippen molar-refractivity contribution in [3.8, 4) is 0 Å². The summed E-state index contributed by atoms with van der Waals surface area (Å²) < 4.78 is 27.6.